The van der Waals surface area contributed by atoms with Crippen LogP contribution in [-0.4, -0.2) is 43.1 Å². The average Bonchev–Trinajstić information content (AvgIpc) is 3.71. The molecule has 0 radical (unpaired) electrons. The largest absolute Gasteiger partial charge is 0.586 e. The molecule has 43 heavy (non-hydrogen) atoms. The molecule has 4 heterocycles. The monoisotopic (exact) mass is 582 g/mol. The summed E-state index contributed by atoms with van der Waals surface area (Å²) in [5.74, 6) is -0.781. The van der Waals surface area contributed by atoms with Gasteiger partial charge in [0.1, 0.15) is 23.3 Å². The van der Waals surface area contributed by atoms with Gasteiger partial charge in [-0.25, -0.2) is 9.67 Å². The minimum Gasteiger partial charge on any atom is -0.395 e. The number of anilines is 1. The van der Waals surface area contributed by atoms with Crippen LogP contribution in [0.15, 0.2) is 90.1 Å². The lowest BCUT2D eigenvalue weighted by atomic mass is 10.1. The van der Waals surface area contributed by atoms with E-state index in [1.165, 1.54) is 35.0 Å². The third-order valence-electron chi connectivity index (χ3n) is 7.37. The summed E-state index contributed by atoms with van der Waals surface area (Å²) in [4.78, 5) is 35.3. The molecule has 0 bridgehead atoms. The lowest BCUT2D eigenvalue weighted by molar-refractivity contribution is -0.286. The van der Waals surface area contributed by atoms with Gasteiger partial charge in [0, 0.05) is 47.5 Å². The molecule has 1 aliphatic rings. The summed E-state index contributed by atoms with van der Waals surface area (Å²) >= 11 is 0. The summed E-state index contributed by atoms with van der Waals surface area (Å²) in [5.41, 5.74) is 3.79. The summed E-state index contributed by atoms with van der Waals surface area (Å²) in [6, 6.07) is 22.2. The Morgan fingerprint density at radius 3 is 2.65 bits per heavy atom. The molecule has 1 amide bonds. The predicted octanol–water partition coefficient (Wildman–Crippen LogP) is 5.16. The van der Waals surface area contributed by atoms with E-state index < -0.39 is 24.3 Å². The summed E-state index contributed by atoms with van der Waals surface area (Å²) < 4.78 is 39.3. The number of fused-ring (bicyclic) bond motifs is 3. The van der Waals surface area contributed by atoms with Crippen molar-refractivity contribution < 1.29 is 23.0 Å². The van der Waals surface area contributed by atoms with Crippen molar-refractivity contribution in [3.63, 3.8) is 0 Å². The molecule has 0 atom stereocenters. The molecular formula is C31H24F2N6O4. The van der Waals surface area contributed by atoms with Crippen LogP contribution in [-0.2, 0) is 17.9 Å². The number of carbonyl (C=O) groups is 1. The Kier molecular flexibility index (Phi) is 6.19. The highest BCUT2D eigenvalue weighted by molar-refractivity contribution is 5.95. The van der Waals surface area contributed by atoms with Gasteiger partial charge in [0.05, 0.1) is 6.33 Å². The highest BCUT2D eigenvalue weighted by Gasteiger charge is 2.43. The van der Waals surface area contributed by atoms with Crippen LogP contribution in [0.4, 0.5) is 14.5 Å². The van der Waals surface area contributed by atoms with E-state index in [0.717, 1.165) is 27.7 Å². The third kappa shape index (κ3) is 4.76. The number of alkyl halides is 2. The smallest absolute Gasteiger partial charge is 0.395 e. The minimum atomic E-state index is -3.78. The molecule has 0 fully saturated rings. The van der Waals surface area contributed by atoms with Crippen molar-refractivity contribution in [2.24, 2.45) is 0 Å². The number of H-pyrrole nitrogens is 1. The molecule has 12 heteroatoms. The van der Waals surface area contributed by atoms with Crippen LogP contribution >= 0.6 is 0 Å². The normalized spacial score (nSPS) is 13.6. The van der Waals surface area contributed by atoms with E-state index in [1.807, 2.05) is 48.7 Å². The van der Waals surface area contributed by atoms with Crippen LogP contribution in [0.5, 0.6) is 11.5 Å². The van der Waals surface area contributed by atoms with E-state index in [2.05, 4.69) is 41.2 Å². The van der Waals surface area contributed by atoms with Crippen LogP contribution in [0, 0.1) is 0 Å². The number of hydrogen-bond donors (Lipinski definition) is 1. The SMILES string of the molecule is CCN(C(=O)Cn1nc(-c2ccc3c(ccn3Cc3ccccc3)c2)c2nc[nH]c2c1=O)c1ccc2c(c1)OC(F)(F)O2. The van der Waals surface area contributed by atoms with E-state index >= 15 is 0 Å². The number of imidazole rings is 1. The molecule has 1 N–H and O–H groups in total. The van der Waals surface area contributed by atoms with Crippen molar-refractivity contribution in [3.05, 3.63) is 101 Å². The number of rotatable bonds is 7. The van der Waals surface area contributed by atoms with Crippen molar-refractivity contribution >= 4 is 33.5 Å². The Balaban J connectivity index is 1.21. The second-order valence-corrected chi connectivity index (χ2v) is 10.1. The lowest BCUT2D eigenvalue weighted by Crippen LogP contribution is -2.37. The first-order chi connectivity index (χ1) is 20.8. The Labute approximate surface area is 242 Å². The predicted molar refractivity (Wildman–Crippen MR) is 155 cm³/mol. The standard InChI is InChI=1S/C31H24F2N6O4/c1-2-38(22-9-11-24-25(15-22)43-31(32,33)42-24)26(40)17-39-30(41)29-28(34-18-35-29)27(36-39)21-8-10-23-20(14-21)12-13-37(23)16-19-6-4-3-5-7-19/h3-15,18H,2,16-17H2,1H3,(H,34,35). The fraction of sp³-hybridized carbons (Fsp3) is 0.161. The molecule has 3 aromatic carbocycles. The van der Waals surface area contributed by atoms with Crippen LogP contribution in [0.3, 0.4) is 0 Å². The second kappa shape index (κ2) is 10.1. The number of aromatic nitrogens is 5. The topological polar surface area (TPSA) is 107 Å². The number of likely N-dealkylation sites (N-methyl/N-ethyl adjacent to an activating group) is 1. The van der Waals surface area contributed by atoms with Crippen LogP contribution in [0.1, 0.15) is 12.5 Å². The lowest BCUT2D eigenvalue weighted by Gasteiger charge is -2.21. The molecule has 6 aromatic rings. The van der Waals surface area contributed by atoms with Crippen LogP contribution in [0.25, 0.3) is 33.2 Å². The average molecular weight is 583 g/mol. The van der Waals surface area contributed by atoms with Gasteiger partial charge in [0.2, 0.25) is 5.91 Å². The van der Waals surface area contributed by atoms with E-state index in [0.29, 0.717) is 16.9 Å². The number of carbonyl (C=O) groups excluding carboxylic acids is 1. The summed E-state index contributed by atoms with van der Waals surface area (Å²) in [6.45, 7) is 2.27. The van der Waals surface area contributed by atoms with Crippen molar-refractivity contribution in [3.8, 4) is 22.8 Å². The first-order valence-electron chi connectivity index (χ1n) is 13.6. The van der Waals surface area contributed by atoms with Crippen molar-refractivity contribution in [1.82, 2.24) is 24.3 Å². The highest BCUT2D eigenvalue weighted by atomic mass is 19.3. The molecule has 0 saturated carbocycles. The van der Waals surface area contributed by atoms with Crippen LogP contribution < -0.4 is 19.9 Å². The number of nitrogens with one attached hydrogen (secondary N) is 1. The molecule has 1 aliphatic heterocycles. The maximum Gasteiger partial charge on any atom is 0.586 e. The fourth-order valence-corrected chi connectivity index (χ4v) is 5.37. The molecule has 10 nitrogen and oxygen atoms in total. The van der Waals surface area contributed by atoms with Gasteiger partial charge in [-0.15, -0.1) is 8.78 Å². The number of benzene rings is 3. The number of hydrogen-bond acceptors (Lipinski definition) is 6. The van der Waals surface area contributed by atoms with E-state index in [4.69, 9.17) is 0 Å². The molecule has 0 aliphatic carbocycles. The Morgan fingerprint density at radius 1 is 1.02 bits per heavy atom. The van der Waals surface area contributed by atoms with E-state index in [9.17, 15) is 18.4 Å². The fourth-order valence-electron chi connectivity index (χ4n) is 5.37. The van der Waals surface area contributed by atoms with Crippen molar-refractivity contribution in [2.75, 3.05) is 11.4 Å². The summed E-state index contributed by atoms with van der Waals surface area (Å²) in [5, 5.41) is 5.56. The molecule has 3 aromatic heterocycles. The number of ether oxygens (including phenoxy) is 2. The van der Waals surface area contributed by atoms with E-state index in [1.54, 1.807) is 6.92 Å². The number of aromatic amines is 1. The van der Waals surface area contributed by atoms with Crippen LogP contribution in [0.2, 0.25) is 0 Å². The van der Waals surface area contributed by atoms with Crippen molar-refractivity contribution in [2.45, 2.75) is 26.3 Å². The maximum atomic E-state index is 13.5. The Morgan fingerprint density at radius 2 is 1.84 bits per heavy atom. The van der Waals surface area contributed by atoms with Gasteiger partial charge >= 0.3 is 6.29 Å². The zero-order valence-corrected chi connectivity index (χ0v) is 22.8. The molecule has 0 spiro atoms. The zero-order chi connectivity index (χ0) is 29.7. The molecule has 216 valence electrons. The van der Waals surface area contributed by atoms with Gasteiger partial charge in [-0.1, -0.05) is 36.4 Å². The number of nitrogens with zero attached hydrogens (tertiary/aromatic N) is 5. The Bertz CT molecular complexity index is 2070. The van der Waals surface area contributed by atoms with Gasteiger partial charge in [-0.3, -0.25) is 9.59 Å². The summed E-state index contributed by atoms with van der Waals surface area (Å²) in [6.07, 6.45) is -0.336. The summed E-state index contributed by atoms with van der Waals surface area (Å²) in [7, 11) is 0. The molecular weight excluding hydrogens is 558 g/mol. The first kappa shape index (κ1) is 26.4. The Hall–Kier alpha value is -5.52. The van der Waals surface area contributed by atoms with Gasteiger partial charge in [-0.05, 0) is 42.8 Å². The van der Waals surface area contributed by atoms with Crippen molar-refractivity contribution in [1.29, 1.82) is 0 Å². The van der Waals surface area contributed by atoms with E-state index in [-0.39, 0.29) is 23.6 Å². The number of halogens is 2. The molecule has 0 saturated heterocycles. The third-order valence-corrected chi connectivity index (χ3v) is 7.37. The van der Waals surface area contributed by atoms with Gasteiger partial charge < -0.3 is 23.9 Å². The quantitative estimate of drug-likeness (QED) is 0.279. The molecule has 7 rings (SSSR count). The first-order valence-corrected chi connectivity index (χ1v) is 13.6. The molecule has 0 unspecified atom stereocenters. The zero-order valence-electron chi connectivity index (χ0n) is 22.8. The highest BCUT2D eigenvalue weighted by Crippen LogP contribution is 2.43. The van der Waals surface area contributed by atoms with Gasteiger partial charge in [-0.2, -0.15) is 5.10 Å². The minimum absolute atomic E-state index is 0.128. The van der Waals surface area contributed by atoms with Gasteiger partial charge in [0.15, 0.2) is 11.5 Å². The number of amides is 1. The second-order valence-electron chi connectivity index (χ2n) is 10.1. The van der Waals surface area contributed by atoms with Gasteiger partial charge in [0.25, 0.3) is 5.56 Å². The maximum absolute atomic E-state index is 13.5.